The summed E-state index contributed by atoms with van der Waals surface area (Å²) >= 11 is 0. The highest BCUT2D eigenvalue weighted by molar-refractivity contribution is 5.81. The zero-order valence-electron chi connectivity index (χ0n) is 19.5. The second-order valence-electron chi connectivity index (χ2n) is 8.49. The zero-order valence-corrected chi connectivity index (χ0v) is 19.5. The lowest BCUT2D eigenvalue weighted by atomic mass is 10.0. The lowest BCUT2D eigenvalue weighted by molar-refractivity contribution is -0.151. The van der Waals surface area contributed by atoms with Crippen LogP contribution < -0.4 is 14.2 Å². The van der Waals surface area contributed by atoms with Crippen molar-refractivity contribution in [3.05, 3.63) is 17.7 Å². The van der Waals surface area contributed by atoms with Crippen molar-refractivity contribution in [3.63, 3.8) is 0 Å². The van der Waals surface area contributed by atoms with E-state index in [4.69, 9.17) is 23.7 Å². The number of ether oxygens (including phenoxy) is 5. The summed E-state index contributed by atoms with van der Waals surface area (Å²) in [5.74, 6) is 1.34. The van der Waals surface area contributed by atoms with Crippen LogP contribution in [0.1, 0.15) is 52.0 Å². The molecule has 1 fully saturated rings. The van der Waals surface area contributed by atoms with E-state index < -0.39 is 17.7 Å². The highest BCUT2D eigenvalue weighted by Crippen LogP contribution is 2.38. The van der Waals surface area contributed by atoms with Crippen molar-refractivity contribution in [2.24, 2.45) is 0 Å². The summed E-state index contributed by atoms with van der Waals surface area (Å²) in [6, 6.07) is 3.17. The number of esters is 1. The first kappa shape index (κ1) is 24.6. The van der Waals surface area contributed by atoms with Gasteiger partial charge in [0.15, 0.2) is 11.5 Å². The minimum absolute atomic E-state index is 0.258. The maximum atomic E-state index is 12.6. The Labute approximate surface area is 184 Å². The van der Waals surface area contributed by atoms with E-state index in [1.165, 1.54) is 4.90 Å². The summed E-state index contributed by atoms with van der Waals surface area (Å²) in [6.45, 7) is 6.19. The Hall–Kier alpha value is -2.64. The maximum Gasteiger partial charge on any atom is 0.411 e. The van der Waals surface area contributed by atoms with Crippen LogP contribution in [0.2, 0.25) is 0 Å². The fourth-order valence-corrected chi connectivity index (χ4v) is 3.54. The van der Waals surface area contributed by atoms with Crippen LogP contribution in [0.15, 0.2) is 12.1 Å². The lowest BCUT2D eigenvalue weighted by Gasteiger charge is -2.35. The molecule has 8 nitrogen and oxygen atoms in total. The first-order chi connectivity index (χ1) is 14.7. The van der Waals surface area contributed by atoms with Crippen molar-refractivity contribution in [3.8, 4) is 17.2 Å². The standard InChI is InChI=1S/C23H35NO7/c1-23(2,3)31-22(26)24-12-8-7-11-17(24)21(25)30-13-9-10-16-14-18(27-4)20(29-6)19(15-16)28-5/h14-15,17H,7-13H2,1-6H3/t17-/m0/s1. The van der Waals surface area contributed by atoms with Gasteiger partial charge >= 0.3 is 12.1 Å². The molecule has 1 aromatic carbocycles. The van der Waals surface area contributed by atoms with Crippen molar-refractivity contribution in [1.82, 2.24) is 4.90 Å². The monoisotopic (exact) mass is 437 g/mol. The molecule has 1 aliphatic heterocycles. The molecule has 1 heterocycles. The fourth-order valence-electron chi connectivity index (χ4n) is 3.54. The molecule has 0 N–H and O–H groups in total. The van der Waals surface area contributed by atoms with E-state index in [1.54, 1.807) is 21.3 Å². The molecule has 8 heteroatoms. The predicted molar refractivity (Wildman–Crippen MR) is 116 cm³/mol. The Morgan fingerprint density at radius 3 is 2.23 bits per heavy atom. The maximum absolute atomic E-state index is 12.6. The molecule has 2 rings (SSSR count). The van der Waals surface area contributed by atoms with E-state index in [0.29, 0.717) is 43.1 Å². The Morgan fingerprint density at radius 2 is 1.68 bits per heavy atom. The molecule has 1 amide bonds. The Kier molecular flexibility index (Phi) is 8.83. The summed E-state index contributed by atoms with van der Waals surface area (Å²) in [7, 11) is 4.71. The average Bonchev–Trinajstić information content (AvgIpc) is 2.74. The quantitative estimate of drug-likeness (QED) is 0.449. The second-order valence-corrected chi connectivity index (χ2v) is 8.49. The van der Waals surface area contributed by atoms with Crippen molar-refractivity contribution in [2.45, 2.75) is 64.5 Å². The van der Waals surface area contributed by atoms with Gasteiger partial charge in [-0.25, -0.2) is 9.59 Å². The molecule has 1 aliphatic rings. The number of piperidine rings is 1. The zero-order chi connectivity index (χ0) is 23.0. The number of carbonyl (C=O) groups excluding carboxylic acids is 2. The van der Waals surface area contributed by atoms with Crippen LogP contribution in [-0.2, 0) is 20.7 Å². The van der Waals surface area contributed by atoms with E-state index in [9.17, 15) is 9.59 Å². The van der Waals surface area contributed by atoms with Gasteiger partial charge < -0.3 is 23.7 Å². The van der Waals surface area contributed by atoms with Crippen molar-refractivity contribution in [1.29, 1.82) is 0 Å². The molecular formula is C23H35NO7. The number of benzene rings is 1. The third-order valence-corrected chi connectivity index (χ3v) is 4.98. The Morgan fingerprint density at radius 1 is 1.03 bits per heavy atom. The molecule has 1 saturated heterocycles. The number of rotatable bonds is 8. The molecule has 31 heavy (non-hydrogen) atoms. The molecule has 0 bridgehead atoms. The normalized spacial score (nSPS) is 16.5. The highest BCUT2D eigenvalue weighted by atomic mass is 16.6. The molecular weight excluding hydrogens is 402 g/mol. The first-order valence-corrected chi connectivity index (χ1v) is 10.6. The molecule has 174 valence electrons. The summed E-state index contributed by atoms with van der Waals surface area (Å²) in [5.41, 5.74) is 0.377. The van der Waals surface area contributed by atoms with Gasteiger partial charge in [-0.05, 0) is 70.6 Å². The number of hydrogen-bond acceptors (Lipinski definition) is 7. The van der Waals surface area contributed by atoms with Crippen LogP contribution in [0, 0.1) is 0 Å². The van der Waals surface area contributed by atoms with Gasteiger partial charge in [0, 0.05) is 6.54 Å². The second kappa shape index (κ2) is 11.1. The van der Waals surface area contributed by atoms with Crippen LogP contribution >= 0.6 is 0 Å². The topological polar surface area (TPSA) is 83.5 Å². The third kappa shape index (κ3) is 6.94. The van der Waals surface area contributed by atoms with Crippen LogP contribution in [0.3, 0.4) is 0 Å². The van der Waals surface area contributed by atoms with Crippen molar-refractivity contribution in [2.75, 3.05) is 34.5 Å². The number of hydrogen-bond donors (Lipinski definition) is 0. The van der Waals surface area contributed by atoms with Crippen LogP contribution in [-0.4, -0.2) is 63.1 Å². The molecule has 1 atom stereocenters. The number of likely N-dealkylation sites (tertiary alicyclic amines) is 1. The van der Waals surface area contributed by atoms with Gasteiger partial charge in [-0.2, -0.15) is 0 Å². The van der Waals surface area contributed by atoms with Crippen molar-refractivity contribution >= 4 is 12.1 Å². The van der Waals surface area contributed by atoms with Gasteiger partial charge in [0.25, 0.3) is 0 Å². The summed E-state index contributed by atoms with van der Waals surface area (Å²) in [4.78, 5) is 26.6. The third-order valence-electron chi connectivity index (χ3n) is 4.98. The van der Waals surface area contributed by atoms with Crippen LogP contribution in [0.25, 0.3) is 0 Å². The smallest absolute Gasteiger partial charge is 0.411 e. The molecule has 0 radical (unpaired) electrons. The summed E-state index contributed by atoms with van der Waals surface area (Å²) in [5, 5.41) is 0. The number of nitrogens with zero attached hydrogens (tertiary/aromatic N) is 1. The fraction of sp³-hybridized carbons (Fsp3) is 0.652. The van der Waals surface area contributed by atoms with Gasteiger partial charge in [0.05, 0.1) is 27.9 Å². The molecule has 0 unspecified atom stereocenters. The highest BCUT2D eigenvalue weighted by Gasteiger charge is 2.35. The minimum atomic E-state index is -0.608. The van der Waals surface area contributed by atoms with Gasteiger partial charge in [0.1, 0.15) is 11.6 Å². The number of aryl methyl sites for hydroxylation is 1. The van der Waals surface area contributed by atoms with Crippen molar-refractivity contribution < 1.29 is 33.3 Å². The molecule has 0 aromatic heterocycles. The number of amides is 1. The molecule has 0 saturated carbocycles. The largest absolute Gasteiger partial charge is 0.493 e. The van der Waals surface area contributed by atoms with Crippen LogP contribution in [0.5, 0.6) is 17.2 Å². The van der Waals surface area contributed by atoms with Gasteiger partial charge in [-0.3, -0.25) is 4.90 Å². The lowest BCUT2D eigenvalue weighted by Crippen LogP contribution is -2.50. The predicted octanol–water partition coefficient (Wildman–Crippen LogP) is 3.98. The SMILES string of the molecule is COc1cc(CCCOC(=O)[C@@H]2CCCCN2C(=O)OC(C)(C)C)cc(OC)c1OC. The summed E-state index contributed by atoms with van der Waals surface area (Å²) < 4.78 is 27.0. The van der Waals surface area contributed by atoms with E-state index in [0.717, 1.165) is 18.4 Å². The Bertz CT molecular complexity index is 732. The van der Waals surface area contributed by atoms with Gasteiger partial charge in [-0.15, -0.1) is 0 Å². The van der Waals surface area contributed by atoms with E-state index in [1.807, 2.05) is 32.9 Å². The van der Waals surface area contributed by atoms with Crippen LogP contribution in [0.4, 0.5) is 4.79 Å². The first-order valence-electron chi connectivity index (χ1n) is 10.6. The molecule has 0 aliphatic carbocycles. The molecule has 1 aromatic rings. The van der Waals surface area contributed by atoms with E-state index in [2.05, 4.69) is 0 Å². The summed E-state index contributed by atoms with van der Waals surface area (Å²) in [6.07, 6.45) is 3.15. The number of carbonyl (C=O) groups is 2. The van der Waals surface area contributed by atoms with E-state index in [-0.39, 0.29) is 12.6 Å². The molecule has 0 spiro atoms. The average molecular weight is 438 g/mol. The number of methoxy groups -OCH3 is 3. The van der Waals surface area contributed by atoms with E-state index >= 15 is 0 Å². The van der Waals surface area contributed by atoms with Gasteiger partial charge in [0.2, 0.25) is 5.75 Å². The minimum Gasteiger partial charge on any atom is -0.493 e. The van der Waals surface area contributed by atoms with Gasteiger partial charge in [-0.1, -0.05) is 0 Å². The Balaban J connectivity index is 1.91.